The molecular formula is C28H19N3O4. The highest BCUT2D eigenvalue weighted by Crippen LogP contribution is 2.41. The van der Waals surface area contributed by atoms with Crippen molar-refractivity contribution in [1.82, 2.24) is 0 Å². The Bertz CT molecular complexity index is 1600. The fourth-order valence-electron chi connectivity index (χ4n) is 4.61. The van der Waals surface area contributed by atoms with Gasteiger partial charge in [0.1, 0.15) is 11.5 Å². The molecule has 1 aliphatic rings. The van der Waals surface area contributed by atoms with E-state index >= 15 is 0 Å². The van der Waals surface area contributed by atoms with Crippen LogP contribution in [0.15, 0.2) is 108 Å². The van der Waals surface area contributed by atoms with Crippen molar-refractivity contribution < 1.29 is 14.1 Å². The summed E-state index contributed by atoms with van der Waals surface area (Å²) in [5, 5.41) is 16.9. The molecule has 7 heteroatoms. The number of benzene rings is 4. The molecule has 1 aliphatic heterocycles. The average Bonchev–Trinajstić information content (AvgIpc) is 3.39. The standard InChI is InChI=1S/C28H19N3O4/c32-28-20-11-3-5-13-22(20)29-27(30(28)23-15-7-9-18-8-1-2-10-19(18)23)26-17-16-25(35-26)21-12-4-6-14-24(21)31(33)34/h1-17,27,29H. The zero-order chi connectivity index (χ0) is 23.9. The number of furan rings is 1. The van der Waals surface area contributed by atoms with Crippen molar-refractivity contribution in [2.75, 3.05) is 10.2 Å². The van der Waals surface area contributed by atoms with E-state index in [1.165, 1.54) is 6.07 Å². The summed E-state index contributed by atoms with van der Waals surface area (Å²) in [5.74, 6) is 0.663. The molecule has 1 N–H and O–H groups in total. The van der Waals surface area contributed by atoms with Crippen molar-refractivity contribution in [2.45, 2.75) is 6.17 Å². The number of fused-ring (bicyclic) bond motifs is 2. The summed E-state index contributed by atoms with van der Waals surface area (Å²) in [6, 6.07) is 31.0. The molecule has 0 saturated heterocycles. The molecule has 2 heterocycles. The van der Waals surface area contributed by atoms with Gasteiger partial charge in [0.25, 0.3) is 11.6 Å². The number of nitro benzene ring substituents is 1. The van der Waals surface area contributed by atoms with E-state index in [9.17, 15) is 14.9 Å². The molecule has 0 radical (unpaired) electrons. The van der Waals surface area contributed by atoms with Gasteiger partial charge >= 0.3 is 0 Å². The fourth-order valence-corrected chi connectivity index (χ4v) is 4.61. The monoisotopic (exact) mass is 461 g/mol. The van der Waals surface area contributed by atoms with Crippen LogP contribution in [0.4, 0.5) is 17.1 Å². The third-order valence-electron chi connectivity index (χ3n) is 6.22. The second-order valence-electron chi connectivity index (χ2n) is 8.24. The van der Waals surface area contributed by atoms with Crippen molar-refractivity contribution in [3.63, 3.8) is 0 Å². The average molecular weight is 461 g/mol. The lowest BCUT2D eigenvalue weighted by Gasteiger charge is -2.37. The first-order chi connectivity index (χ1) is 17.1. The van der Waals surface area contributed by atoms with Crippen LogP contribution in [-0.4, -0.2) is 10.8 Å². The van der Waals surface area contributed by atoms with Gasteiger partial charge in [0.05, 0.1) is 21.7 Å². The molecule has 1 unspecified atom stereocenters. The van der Waals surface area contributed by atoms with Crippen molar-refractivity contribution in [2.24, 2.45) is 0 Å². The number of carbonyl (C=O) groups excluding carboxylic acids is 1. The van der Waals surface area contributed by atoms with Gasteiger partial charge in [0.15, 0.2) is 6.17 Å². The topological polar surface area (TPSA) is 88.6 Å². The zero-order valence-corrected chi connectivity index (χ0v) is 18.4. The highest BCUT2D eigenvalue weighted by molar-refractivity contribution is 6.15. The largest absolute Gasteiger partial charge is 0.457 e. The first kappa shape index (κ1) is 20.7. The molecule has 4 aromatic carbocycles. The Hall–Kier alpha value is -4.91. The van der Waals surface area contributed by atoms with Crippen LogP contribution in [-0.2, 0) is 0 Å². The van der Waals surface area contributed by atoms with Gasteiger partial charge in [-0.3, -0.25) is 19.8 Å². The molecule has 0 fully saturated rings. The Morgan fingerprint density at radius 1 is 0.800 bits per heavy atom. The number of carbonyl (C=O) groups is 1. The number of para-hydroxylation sites is 2. The number of hydrogen-bond acceptors (Lipinski definition) is 5. The van der Waals surface area contributed by atoms with Gasteiger partial charge < -0.3 is 9.73 Å². The van der Waals surface area contributed by atoms with E-state index in [0.29, 0.717) is 28.3 Å². The minimum absolute atomic E-state index is 0.0441. The maximum atomic E-state index is 13.8. The van der Waals surface area contributed by atoms with E-state index in [4.69, 9.17) is 4.42 Å². The molecule has 0 saturated carbocycles. The number of nitro groups is 1. The van der Waals surface area contributed by atoms with Crippen LogP contribution in [0.1, 0.15) is 22.3 Å². The Morgan fingerprint density at radius 3 is 2.37 bits per heavy atom. The van der Waals surface area contributed by atoms with E-state index < -0.39 is 11.1 Å². The molecule has 170 valence electrons. The Balaban J connectivity index is 1.51. The Labute approximate surface area is 200 Å². The van der Waals surface area contributed by atoms with Gasteiger partial charge in [-0.1, -0.05) is 60.7 Å². The van der Waals surface area contributed by atoms with Crippen molar-refractivity contribution in [1.29, 1.82) is 0 Å². The van der Waals surface area contributed by atoms with Crippen LogP contribution in [0.25, 0.3) is 22.1 Å². The highest BCUT2D eigenvalue weighted by atomic mass is 16.6. The fraction of sp³-hybridized carbons (Fsp3) is 0.0357. The van der Waals surface area contributed by atoms with E-state index in [-0.39, 0.29) is 11.6 Å². The lowest BCUT2D eigenvalue weighted by molar-refractivity contribution is -0.384. The number of hydrogen-bond donors (Lipinski definition) is 1. The second-order valence-corrected chi connectivity index (χ2v) is 8.24. The number of nitrogens with zero attached hydrogens (tertiary/aromatic N) is 2. The van der Waals surface area contributed by atoms with Crippen LogP contribution < -0.4 is 10.2 Å². The molecule has 0 bridgehead atoms. The van der Waals surface area contributed by atoms with Crippen molar-refractivity contribution in [3.8, 4) is 11.3 Å². The third kappa shape index (κ3) is 3.41. The number of nitrogens with one attached hydrogen (secondary N) is 1. The Morgan fingerprint density at radius 2 is 1.51 bits per heavy atom. The summed E-state index contributed by atoms with van der Waals surface area (Å²) in [6.07, 6.45) is -0.653. The first-order valence-electron chi connectivity index (χ1n) is 11.1. The van der Waals surface area contributed by atoms with Gasteiger partial charge in [-0.2, -0.15) is 0 Å². The zero-order valence-electron chi connectivity index (χ0n) is 18.4. The maximum absolute atomic E-state index is 13.8. The quantitative estimate of drug-likeness (QED) is 0.235. The van der Waals surface area contributed by atoms with E-state index in [0.717, 1.165) is 16.5 Å². The van der Waals surface area contributed by atoms with Gasteiger partial charge in [-0.05, 0) is 41.8 Å². The van der Waals surface area contributed by atoms with Crippen molar-refractivity contribution in [3.05, 3.63) is 125 Å². The third-order valence-corrected chi connectivity index (χ3v) is 6.22. The van der Waals surface area contributed by atoms with Crippen LogP contribution in [0.3, 0.4) is 0 Å². The molecule has 0 spiro atoms. The molecule has 6 rings (SSSR count). The first-order valence-corrected chi connectivity index (χ1v) is 11.1. The van der Waals surface area contributed by atoms with Crippen LogP contribution in [0, 0.1) is 10.1 Å². The number of anilines is 2. The summed E-state index contributed by atoms with van der Waals surface area (Å²) in [5.41, 5.74) is 2.33. The second kappa shape index (κ2) is 8.14. The van der Waals surface area contributed by atoms with Crippen LogP contribution >= 0.6 is 0 Å². The summed E-state index contributed by atoms with van der Waals surface area (Å²) in [7, 11) is 0. The lowest BCUT2D eigenvalue weighted by atomic mass is 10.0. The van der Waals surface area contributed by atoms with Gasteiger partial charge in [-0.25, -0.2) is 0 Å². The van der Waals surface area contributed by atoms with E-state index in [1.54, 1.807) is 41.3 Å². The molecule has 35 heavy (non-hydrogen) atoms. The summed E-state index contributed by atoms with van der Waals surface area (Å²) in [4.78, 5) is 26.6. The summed E-state index contributed by atoms with van der Waals surface area (Å²) >= 11 is 0. The lowest BCUT2D eigenvalue weighted by Crippen LogP contribution is -2.43. The highest BCUT2D eigenvalue weighted by Gasteiger charge is 2.36. The summed E-state index contributed by atoms with van der Waals surface area (Å²) in [6.45, 7) is 0. The van der Waals surface area contributed by atoms with Crippen LogP contribution in [0.5, 0.6) is 0 Å². The Kier molecular flexibility index (Phi) is 4.81. The molecule has 7 nitrogen and oxygen atoms in total. The predicted octanol–water partition coefficient (Wildman–Crippen LogP) is 6.78. The van der Waals surface area contributed by atoms with Crippen LogP contribution in [0.2, 0.25) is 0 Å². The number of amides is 1. The molecule has 1 amide bonds. The van der Waals surface area contributed by atoms with Gasteiger partial charge in [-0.15, -0.1) is 0 Å². The summed E-state index contributed by atoms with van der Waals surface area (Å²) < 4.78 is 6.17. The van der Waals surface area contributed by atoms with Gasteiger partial charge in [0, 0.05) is 17.1 Å². The maximum Gasteiger partial charge on any atom is 0.280 e. The molecule has 1 aromatic heterocycles. The smallest absolute Gasteiger partial charge is 0.280 e. The van der Waals surface area contributed by atoms with Gasteiger partial charge in [0.2, 0.25) is 0 Å². The van der Waals surface area contributed by atoms with E-state index in [2.05, 4.69) is 5.32 Å². The molecular weight excluding hydrogens is 442 g/mol. The molecule has 5 aromatic rings. The SMILES string of the molecule is O=C1c2ccccc2NC(c2ccc(-c3ccccc3[N+](=O)[O-])o2)N1c1cccc2ccccc12. The van der Waals surface area contributed by atoms with E-state index in [1.807, 2.05) is 60.7 Å². The number of rotatable bonds is 4. The molecule has 0 aliphatic carbocycles. The minimum Gasteiger partial charge on any atom is -0.457 e. The molecule has 1 atom stereocenters. The minimum atomic E-state index is -0.653. The normalized spacial score (nSPS) is 15.0. The van der Waals surface area contributed by atoms with Crippen molar-refractivity contribution >= 4 is 33.7 Å². The predicted molar refractivity (Wildman–Crippen MR) is 134 cm³/mol.